The molecule has 0 aliphatic heterocycles. The number of hydrogen-bond donors (Lipinski definition) is 0. The summed E-state index contributed by atoms with van der Waals surface area (Å²) in [7, 11) is 0. The molecule has 2 aliphatic carbocycles. The monoisotopic (exact) mass is 382 g/mol. The first-order valence-corrected chi connectivity index (χ1v) is 9.01. The number of halogens is 2. The van der Waals surface area contributed by atoms with E-state index in [-0.39, 0.29) is 24.8 Å². The standard InChI is InChI=1S/C11H11.C6H7.2ClH.Zr/c1-8-3-6-11-9(2)4-5-10(11)7-8;1-6-4-2-3-5-6;;;/h3,5-7,9H,1-2H3;2-5H,1H3;2*1H;/q;;;;+2/p-2. The second kappa shape index (κ2) is 6.78. The van der Waals surface area contributed by atoms with Gasteiger partial charge in [0.05, 0.1) is 0 Å². The van der Waals surface area contributed by atoms with Crippen molar-refractivity contribution in [2.45, 2.75) is 29.8 Å². The van der Waals surface area contributed by atoms with Gasteiger partial charge in [0, 0.05) is 0 Å². The van der Waals surface area contributed by atoms with E-state index >= 15 is 0 Å². The van der Waals surface area contributed by atoms with Crippen molar-refractivity contribution in [3.8, 4) is 0 Å². The minimum Gasteiger partial charge on any atom is -1.00 e. The maximum atomic E-state index is 2.48. The molecule has 0 amide bonds. The molecule has 0 saturated carbocycles. The van der Waals surface area contributed by atoms with Crippen molar-refractivity contribution in [3.05, 3.63) is 62.5 Å². The van der Waals surface area contributed by atoms with Crippen molar-refractivity contribution < 1.29 is 48.0 Å². The molecule has 0 fully saturated rings. The molecule has 2 aliphatic rings. The van der Waals surface area contributed by atoms with Crippen LogP contribution in [0.15, 0.2) is 45.8 Å². The molecule has 0 aromatic heterocycles. The normalized spacial score (nSPS) is 20.6. The molecular weight excluding hydrogens is 366 g/mol. The number of allylic oxidation sites excluding steroid dienone is 5. The van der Waals surface area contributed by atoms with Gasteiger partial charge < -0.3 is 24.8 Å². The van der Waals surface area contributed by atoms with Gasteiger partial charge in [-0.1, -0.05) is 0 Å². The van der Waals surface area contributed by atoms with E-state index in [1.54, 1.807) is 3.28 Å². The summed E-state index contributed by atoms with van der Waals surface area (Å²) in [5, 5.41) is 0. The quantitative estimate of drug-likeness (QED) is 0.604. The van der Waals surface area contributed by atoms with Crippen molar-refractivity contribution in [2.75, 3.05) is 0 Å². The van der Waals surface area contributed by atoms with Crippen molar-refractivity contribution in [1.82, 2.24) is 0 Å². The zero-order chi connectivity index (χ0) is 12.8. The van der Waals surface area contributed by atoms with Crippen LogP contribution in [0.5, 0.6) is 0 Å². The summed E-state index contributed by atoms with van der Waals surface area (Å²) in [6, 6.07) is 6.90. The molecule has 0 saturated heterocycles. The molecule has 3 rings (SSSR count). The average Bonchev–Trinajstić information content (AvgIpc) is 2.85. The third-order valence-corrected chi connectivity index (χ3v) is 8.17. The minimum atomic E-state index is -0.583. The second-order valence-electron chi connectivity index (χ2n) is 5.58. The van der Waals surface area contributed by atoms with Crippen LogP contribution >= 0.6 is 0 Å². The summed E-state index contributed by atoms with van der Waals surface area (Å²) >= 11 is -0.583. The SMILES string of the molecule is Cc1ccc2c(c1)C=[C]([Zr+2][C]1(C)C=CC=C1)C2C.[Cl-].[Cl-]. The summed E-state index contributed by atoms with van der Waals surface area (Å²) in [6.07, 6.45) is 11.7. The van der Waals surface area contributed by atoms with Crippen LogP contribution < -0.4 is 24.8 Å². The summed E-state index contributed by atoms with van der Waals surface area (Å²) in [6.45, 7) is 6.95. The van der Waals surface area contributed by atoms with Crippen LogP contribution in [0, 0.1) is 6.92 Å². The number of fused-ring (bicyclic) bond motifs is 1. The number of hydrogen-bond acceptors (Lipinski definition) is 0. The van der Waals surface area contributed by atoms with Crippen LogP contribution in [0.2, 0.25) is 3.12 Å². The zero-order valence-electron chi connectivity index (χ0n) is 12.0. The van der Waals surface area contributed by atoms with E-state index in [4.69, 9.17) is 0 Å². The number of rotatable bonds is 2. The molecule has 20 heavy (non-hydrogen) atoms. The number of aryl methyl sites for hydroxylation is 1. The molecule has 0 nitrogen and oxygen atoms in total. The van der Waals surface area contributed by atoms with Gasteiger partial charge in [0.1, 0.15) is 0 Å². The zero-order valence-corrected chi connectivity index (χ0v) is 15.9. The van der Waals surface area contributed by atoms with Gasteiger partial charge in [0.25, 0.3) is 0 Å². The van der Waals surface area contributed by atoms with Crippen LogP contribution in [0.4, 0.5) is 0 Å². The Morgan fingerprint density at radius 1 is 1.10 bits per heavy atom. The minimum absolute atomic E-state index is 0. The van der Waals surface area contributed by atoms with E-state index in [0.717, 1.165) is 0 Å². The van der Waals surface area contributed by atoms with Gasteiger partial charge in [-0.25, -0.2) is 0 Å². The smallest absolute Gasteiger partial charge is 1.00 e. The van der Waals surface area contributed by atoms with Gasteiger partial charge in [-0.15, -0.1) is 0 Å². The van der Waals surface area contributed by atoms with Crippen molar-refractivity contribution >= 4 is 6.08 Å². The summed E-state index contributed by atoms with van der Waals surface area (Å²) in [4.78, 5) is 0. The molecule has 104 valence electrons. The predicted molar refractivity (Wildman–Crippen MR) is 74.2 cm³/mol. The van der Waals surface area contributed by atoms with E-state index < -0.39 is 23.2 Å². The molecule has 1 unspecified atom stereocenters. The van der Waals surface area contributed by atoms with Gasteiger partial charge >= 0.3 is 122 Å². The van der Waals surface area contributed by atoms with E-state index in [1.165, 1.54) is 16.7 Å². The molecule has 0 N–H and O–H groups in total. The topological polar surface area (TPSA) is 0 Å². The molecule has 1 atom stereocenters. The third-order valence-electron chi connectivity index (χ3n) is 3.90. The fourth-order valence-corrected chi connectivity index (χ4v) is 6.66. The Morgan fingerprint density at radius 3 is 2.40 bits per heavy atom. The summed E-state index contributed by atoms with van der Waals surface area (Å²) < 4.78 is 2.12. The van der Waals surface area contributed by atoms with Crippen LogP contribution in [0.1, 0.15) is 36.5 Å². The molecule has 1 aromatic rings. The largest absolute Gasteiger partial charge is 1.00 e. The molecule has 0 bridgehead atoms. The first-order valence-electron chi connectivity index (χ1n) is 6.55. The van der Waals surface area contributed by atoms with Crippen LogP contribution in [0.3, 0.4) is 0 Å². The average molecular weight is 384 g/mol. The first kappa shape index (κ1) is 18.0. The maximum Gasteiger partial charge on any atom is -1.00 e. The van der Waals surface area contributed by atoms with Crippen LogP contribution in [0.25, 0.3) is 6.08 Å². The fraction of sp³-hybridized carbons (Fsp3) is 0.294. The molecule has 1 aromatic carbocycles. The summed E-state index contributed by atoms with van der Waals surface area (Å²) in [5.41, 5.74) is 4.37. The Balaban J connectivity index is 0.000001000. The van der Waals surface area contributed by atoms with E-state index in [2.05, 4.69) is 69.4 Å². The molecule has 3 heteroatoms. The Bertz CT molecular complexity index is 573. The molecule has 0 radical (unpaired) electrons. The van der Waals surface area contributed by atoms with Gasteiger partial charge in [-0.05, 0) is 0 Å². The van der Waals surface area contributed by atoms with Crippen LogP contribution in [-0.2, 0) is 23.2 Å². The van der Waals surface area contributed by atoms with Gasteiger partial charge in [-0.2, -0.15) is 0 Å². The number of benzene rings is 1. The third kappa shape index (κ3) is 3.38. The second-order valence-corrected chi connectivity index (χ2v) is 10.3. The fourth-order valence-electron chi connectivity index (χ4n) is 2.78. The Hall–Kier alpha value is -0.0969. The van der Waals surface area contributed by atoms with E-state index in [1.807, 2.05) is 0 Å². The van der Waals surface area contributed by atoms with Gasteiger partial charge in [-0.3, -0.25) is 0 Å². The molecule has 0 spiro atoms. The Labute approximate surface area is 145 Å². The van der Waals surface area contributed by atoms with Gasteiger partial charge in [0.15, 0.2) is 0 Å². The Kier molecular flexibility index (Phi) is 6.08. The van der Waals surface area contributed by atoms with E-state index in [0.29, 0.717) is 9.04 Å². The molecule has 0 heterocycles. The predicted octanol–water partition coefficient (Wildman–Crippen LogP) is -1.15. The van der Waals surface area contributed by atoms with Crippen molar-refractivity contribution in [1.29, 1.82) is 0 Å². The van der Waals surface area contributed by atoms with Gasteiger partial charge in [0.2, 0.25) is 0 Å². The summed E-state index contributed by atoms with van der Waals surface area (Å²) in [5.74, 6) is 0.645. The van der Waals surface area contributed by atoms with Crippen LogP contribution in [-0.4, -0.2) is 0 Å². The van der Waals surface area contributed by atoms with E-state index in [9.17, 15) is 0 Å². The maximum absolute atomic E-state index is 2.48. The van der Waals surface area contributed by atoms with Crippen molar-refractivity contribution in [2.24, 2.45) is 0 Å². The van der Waals surface area contributed by atoms with Crippen molar-refractivity contribution in [3.63, 3.8) is 0 Å². The molecular formula is C17H18Cl2Zr. The first-order chi connectivity index (χ1) is 8.57. The Morgan fingerprint density at radius 2 is 1.75 bits per heavy atom.